The van der Waals surface area contributed by atoms with Crippen molar-refractivity contribution < 1.29 is 9.94 Å². The minimum atomic E-state index is -0.599. The average molecular weight is 297 g/mol. The van der Waals surface area contributed by atoms with Crippen LogP contribution in [0.15, 0.2) is 29.4 Å². The SMILES string of the molecule is CC(C)(C)NC[C@H](O)[C@@H]1CC(c2ccccc2Cl)=NO1. The van der Waals surface area contributed by atoms with Crippen molar-refractivity contribution in [2.24, 2.45) is 5.16 Å². The highest BCUT2D eigenvalue weighted by Crippen LogP contribution is 2.24. The lowest BCUT2D eigenvalue weighted by Gasteiger charge is -2.24. The first kappa shape index (κ1) is 15.3. The van der Waals surface area contributed by atoms with E-state index in [0.717, 1.165) is 11.3 Å². The third-order valence-corrected chi connectivity index (χ3v) is 3.48. The van der Waals surface area contributed by atoms with Crippen LogP contribution in [0.1, 0.15) is 32.8 Å². The standard InChI is InChI=1S/C15H21ClN2O2/c1-15(2,3)17-9-13(19)14-8-12(18-20-14)10-6-4-5-7-11(10)16/h4-7,13-14,17,19H,8-9H2,1-3H3/t13-,14-/m0/s1. The van der Waals surface area contributed by atoms with Crippen molar-refractivity contribution in [1.29, 1.82) is 0 Å². The normalized spacial score (nSPS) is 20.4. The van der Waals surface area contributed by atoms with Gasteiger partial charge in [-0.25, -0.2) is 0 Å². The molecule has 20 heavy (non-hydrogen) atoms. The van der Waals surface area contributed by atoms with Gasteiger partial charge in [0, 0.05) is 29.1 Å². The van der Waals surface area contributed by atoms with E-state index in [1.165, 1.54) is 0 Å². The molecule has 2 atom stereocenters. The van der Waals surface area contributed by atoms with E-state index in [1.807, 2.05) is 24.3 Å². The maximum atomic E-state index is 10.2. The number of nitrogens with one attached hydrogen (secondary N) is 1. The maximum Gasteiger partial charge on any atom is 0.160 e. The number of aliphatic hydroxyl groups is 1. The Morgan fingerprint density at radius 2 is 2.15 bits per heavy atom. The van der Waals surface area contributed by atoms with E-state index in [2.05, 4.69) is 31.2 Å². The zero-order valence-corrected chi connectivity index (χ0v) is 12.8. The molecule has 0 aromatic heterocycles. The predicted octanol–water partition coefficient (Wildman–Crippen LogP) is 2.58. The van der Waals surface area contributed by atoms with Crippen molar-refractivity contribution in [2.45, 2.75) is 44.9 Å². The summed E-state index contributed by atoms with van der Waals surface area (Å²) in [5.41, 5.74) is 1.62. The zero-order valence-electron chi connectivity index (χ0n) is 12.1. The van der Waals surface area contributed by atoms with Gasteiger partial charge >= 0.3 is 0 Å². The summed E-state index contributed by atoms with van der Waals surface area (Å²) in [6.45, 7) is 6.64. The second kappa shape index (κ2) is 6.12. The molecule has 5 heteroatoms. The molecule has 0 amide bonds. The van der Waals surface area contributed by atoms with Crippen LogP contribution < -0.4 is 5.32 Å². The summed E-state index contributed by atoms with van der Waals surface area (Å²) in [6, 6.07) is 7.52. The van der Waals surface area contributed by atoms with Gasteiger partial charge in [-0.05, 0) is 26.8 Å². The van der Waals surface area contributed by atoms with Gasteiger partial charge < -0.3 is 15.3 Å². The molecular weight excluding hydrogens is 276 g/mol. The van der Waals surface area contributed by atoms with Crippen LogP contribution in [0.25, 0.3) is 0 Å². The summed E-state index contributed by atoms with van der Waals surface area (Å²) in [7, 11) is 0. The molecule has 1 aromatic rings. The molecule has 4 nitrogen and oxygen atoms in total. The molecule has 1 aliphatic heterocycles. The fourth-order valence-corrected chi connectivity index (χ4v) is 2.24. The van der Waals surface area contributed by atoms with E-state index in [4.69, 9.17) is 16.4 Å². The summed E-state index contributed by atoms with van der Waals surface area (Å²) in [4.78, 5) is 5.34. The smallest absolute Gasteiger partial charge is 0.160 e. The molecular formula is C15H21ClN2O2. The van der Waals surface area contributed by atoms with Gasteiger partial charge in [0.1, 0.15) is 6.10 Å². The average Bonchev–Trinajstić information content (AvgIpc) is 2.85. The molecule has 0 unspecified atom stereocenters. The molecule has 1 heterocycles. The molecule has 0 radical (unpaired) electrons. The Labute approximate surface area is 124 Å². The van der Waals surface area contributed by atoms with Gasteiger partial charge in [-0.2, -0.15) is 0 Å². The Kier molecular flexibility index (Phi) is 4.68. The molecule has 2 N–H and O–H groups in total. The highest BCUT2D eigenvalue weighted by Gasteiger charge is 2.30. The molecule has 0 spiro atoms. The number of hydrogen-bond donors (Lipinski definition) is 2. The summed E-state index contributed by atoms with van der Waals surface area (Å²) in [6.07, 6.45) is -0.356. The van der Waals surface area contributed by atoms with Crippen LogP contribution in [-0.4, -0.2) is 35.1 Å². The molecule has 110 valence electrons. The van der Waals surface area contributed by atoms with Crippen LogP contribution in [0.5, 0.6) is 0 Å². The van der Waals surface area contributed by atoms with Gasteiger partial charge in [0.05, 0.1) is 5.71 Å². The van der Waals surface area contributed by atoms with Gasteiger partial charge in [-0.3, -0.25) is 0 Å². The first-order chi connectivity index (χ1) is 9.37. The minimum Gasteiger partial charge on any atom is -0.389 e. The summed E-state index contributed by atoms with van der Waals surface area (Å²) < 4.78 is 0. The van der Waals surface area contributed by atoms with Gasteiger partial charge in [-0.1, -0.05) is 35.0 Å². The number of oxime groups is 1. The summed E-state index contributed by atoms with van der Waals surface area (Å²) in [5, 5.41) is 18.1. The number of halogens is 1. The second-order valence-electron chi connectivity index (χ2n) is 6.06. The summed E-state index contributed by atoms with van der Waals surface area (Å²) >= 11 is 6.14. The number of nitrogens with zero attached hydrogens (tertiary/aromatic N) is 1. The monoisotopic (exact) mass is 296 g/mol. The van der Waals surface area contributed by atoms with Crippen molar-refractivity contribution in [3.63, 3.8) is 0 Å². The number of β-amino-alcohol motifs (C(OH)–C–C–N with tert-alkyl or cyclic N) is 1. The number of rotatable bonds is 4. The highest BCUT2D eigenvalue weighted by atomic mass is 35.5. The van der Waals surface area contributed by atoms with E-state index in [0.29, 0.717) is 18.0 Å². The fourth-order valence-electron chi connectivity index (χ4n) is 2.00. The van der Waals surface area contributed by atoms with Gasteiger partial charge in [0.2, 0.25) is 0 Å². The molecule has 0 bridgehead atoms. The Morgan fingerprint density at radius 3 is 2.80 bits per heavy atom. The van der Waals surface area contributed by atoms with E-state index in [-0.39, 0.29) is 11.6 Å². The Hall–Kier alpha value is -1.10. The van der Waals surface area contributed by atoms with Crippen molar-refractivity contribution >= 4 is 17.3 Å². The fraction of sp³-hybridized carbons (Fsp3) is 0.533. The molecule has 0 saturated carbocycles. The first-order valence-corrected chi connectivity index (χ1v) is 7.15. The molecule has 1 aromatic carbocycles. The molecule has 2 rings (SSSR count). The zero-order chi connectivity index (χ0) is 14.8. The topological polar surface area (TPSA) is 53.8 Å². The van der Waals surface area contributed by atoms with Crippen LogP contribution in [0, 0.1) is 0 Å². The quantitative estimate of drug-likeness (QED) is 0.898. The van der Waals surface area contributed by atoms with E-state index in [9.17, 15) is 5.11 Å². The minimum absolute atomic E-state index is 0.0357. The molecule has 0 saturated heterocycles. The lowest BCUT2D eigenvalue weighted by atomic mass is 10.0. The maximum absolute atomic E-state index is 10.2. The molecule has 1 aliphatic rings. The van der Waals surface area contributed by atoms with Crippen molar-refractivity contribution in [1.82, 2.24) is 5.32 Å². The number of aliphatic hydroxyl groups excluding tert-OH is 1. The van der Waals surface area contributed by atoms with E-state index < -0.39 is 6.10 Å². The first-order valence-electron chi connectivity index (χ1n) is 6.77. The van der Waals surface area contributed by atoms with Crippen LogP contribution >= 0.6 is 11.6 Å². The predicted molar refractivity (Wildman–Crippen MR) is 81.2 cm³/mol. The highest BCUT2D eigenvalue weighted by molar-refractivity contribution is 6.34. The van der Waals surface area contributed by atoms with Gasteiger partial charge in [-0.15, -0.1) is 0 Å². The second-order valence-corrected chi connectivity index (χ2v) is 6.47. The number of benzene rings is 1. The van der Waals surface area contributed by atoms with Crippen LogP contribution in [-0.2, 0) is 4.84 Å². The Bertz CT molecular complexity index is 497. The van der Waals surface area contributed by atoms with Crippen LogP contribution in [0.2, 0.25) is 5.02 Å². The van der Waals surface area contributed by atoms with Crippen LogP contribution in [0.4, 0.5) is 0 Å². The van der Waals surface area contributed by atoms with E-state index >= 15 is 0 Å². The lowest BCUT2D eigenvalue weighted by Crippen LogP contribution is -2.44. The van der Waals surface area contributed by atoms with Crippen molar-refractivity contribution in [3.05, 3.63) is 34.9 Å². The molecule has 0 aliphatic carbocycles. The Balaban J connectivity index is 1.93. The largest absolute Gasteiger partial charge is 0.389 e. The van der Waals surface area contributed by atoms with Gasteiger partial charge in [0.25, 0.3) is 0 Å². The third kappa shape index (κ3) is 3.95. The van der Waals surface area contributed by atoms with Crippen LogP contribution in [0.3, 0.4) is 0 Å². The number of hydrogen-bond acceptors (Lipinski definition) is 4. The van der Waals surface area contributed by atoms with Crippen molar-refractivity contribution in [2.75, 3.05) is 6.54 Å². The lowest BCUT2D eigenvalue weighted by molar-refractivity contribution is -0.0181. The van der Waals surface area contributed by atoms with Crippen molar-refractivity contribution in [3.8, 4) is 0 Å². The molecule has 0 fully saturated rings. The van der Waals surface area contributed by atoms with Gasteiger partial charge in [0.15, 0.2) is 6.10 Å². The summed E-state index contributed by atoms with van der Waals surface area (Å²) in [5.74, 6) is 0. The third-order valence-electron chi connectivity index (χ3n) is 3.15. The van der Waals surface area contributed by atoms with E-state index in [1.54, 1.807) is 0 Å². The Morgan fingerprint density at radius 1 is 1.45 bits per heavy atom.